The molecule has 6 heteroatoms. The molecule has 0 atom stereocenters. The Morgan fingerprint density at radius 2 is 1.95 bits per heavy atom. The molecule has 2 fully saturated rings. The lowest BCUT2D eigenvalue weighted by Crippen LogP contribution is -2.72. The van der Waals surface area contributed by atoms with E-state index in [2.05, 4.69) is 21.9 Å². The molecule has 1 amide bonds. The summed E-state index contributed by atoms with van der Waals surface area (Å²) in [5, 5.41) is 0. The van der Waals surface area contributed by atoms with Gasteiger partial charge in [0.2, 0.25) is 5.91 Å². The van der Waals surface area contributed by atoms with Crippen molar-refractivity contribution in [2.24, 2.45) is 5.41 Å². The van der Waals surface area contributed by atoms with Gasteiger partial charge in [-0.1, -0.05) is 0 Å². The average Bonchev–Trinajstić information content (AvgIpc) is 2.30. The summed E-state index contributed by atoms with van der Waals surface area (Å²) in [4.78, 5) is 34.3. The van der Waals surface area contributed by atoms with Crippen LogP contribution in [0.3, 0.4) is 0 Å². The number of carbonyl (C=O) groups is 1. The first-order valence-electron chi connectivity index (χ1n) is 7.41. The second-order valence-corrected chi connectivity index (χ2v) is 6.65. The summed E-state index contributed by atoms with van der Waals surface area (Å²) in [6, 6.07) is 0. The molecule has 1 aromatic heterocycles. The molecule has 0 unspecified atom stereocenters. The maximum atomic E-state index is 12.2. The zero-order valence-corrected chi connectivity index (χ0v) is 12.9. The van der Waals surface area contributed by atoms with Gasteiger partial charge in [0.25, 0.3) is 0 Å². The van der Waals surface area contributed by atoms with E-state index in [-0.39, 0.29) is 11.6 Å². The van der Waals surface area contributed by atoms with E-state index in [1.54, 1.807) is 0 Å². The number of aromatic nitrogens is 2. The van der Waals surface area contributed by atoms with Crippen LogP contribution in [0.15, 0.2) is 4.79 Å². The van der Waals surface area contributed by atoms with Gasteiger partial charge in [0, 0.05) is 49.4 Å². The summed E-state index contributed by atoms with van der Waals surface area (Å²) in [5.41, 5.74) is 2.60. The van der Waals surface area contributed by atoms with Gasteiger partial charge in [-0.25, -0.2) is 4.79 Å². The number of carbonyl (C=O) groups excluding carboxylic acids is 1. The number of aromatic amines is 1. The zero-order valence-electron chi connectivity index (χ0n) is 12.9. The number of likely N-dealkylation sites (tertiary alicyclic amines) is 2. The molecule has 1 spiro atoms. The second kappa shape index (κ2) is 4.94. The average molecular weight is 290 g/mol. The molecule has 0 aromatic carbocycles. The van der Waals surface area contributed by atoms with Crippen molar-refractivity contribution in [2.75, 3.05) is 33.2 Å². The highest BCUT2D eigenvalue weighted by atomic mass is 16.2. The van der Waals surface area contributed by atoms with Gasteiger partial charge in [-0.05, 0) is 32.9 Å². The summed E-state index contributed by atoms with van der Waals surface area (Å²) in [6.07, 6.45) is 1.13. The van der Waals surface area contributed by atoms with Crippen molar-refractivity contribution in [1.82, 2.24) is 19.8 Å². The molecule has 6 nitrogen and oxygen atoms in total. The summed E-state index contributed by atoms with van der Waals surface area (Å²) >= 11 is 0. The normalized spacial score (nSPS) is 20.2. The molecule has 2 aliphatic heterocycles. The second-order valence-electron chi connectivity index (χ2n) is 6.65. The Labute approximate surface area is 124 Å². The van der Waals surface area contributed by atoms with Crippen molar-refractivity contribution in [1.29, 1.82) is 0 Å². The van der Waals surface area contributed by atoms with E-state index in [0.717, 1.165) is 43.1 Å². The number of hydrogen-bond donors (Lipinski definition) is 1. The van der Waals surface area contributed by atoms with E-state index in [0.29, 0.717) is 18.3 Å². The third-order valence-electron chi connectivity index (χ3n) is 4.66. The molecule has 1 aromatic rings. The Balaban J connectivity index is 1.54. The summed E-state index contributed by atoms with van der Waals surface area (Å²) in [7, 11) is 2.12. The third kappa shape index (κ3) is 2.60. The van der Waals surface area contributed by atoms with Crippen LogP contribution in [-0.2, 0) is 11.2 Å². The fourth-order valence-electron chi connectivity index (χ4n) is 3.75. The first kappa shape index (κ1) is 14.3. The highest BCUT2D eigenvalue weighted by Crippen LogP contribution is 2.38. The highest BCUT2D eigenvalue weighted by Gasteiger charge is 2.51. The largest absolute Gasteiger partial charge is 0.345 e. The summed E-state index contributed by atoms with van der Waals surface area (Å²) < 4.78 is 0. The first-order valence-corrected chi connectivity index (χ1v) is 7.41. The van der Waals surface area contributed by atoms with Gasteiger partial charge in [0.05, 0.1) is 0 Å². The quantitative estimate of drug-likeness (QED) is 0.857. The van der Waals surface area contributed by atoms with E-state index in [9.17, 15) is 9.59 Å². The minimum atomic E-state index is -0.320. The molecule has 2 aliphatic rings. The van der Waals surface area contributed by atoms with Crippen molar-refractivity contribution in [2.45, 2.75) is 26.7 Å². The van der Waals surface area contributed by atoms with Gasteiger partial charge in [-0.15, -0.1) is 0 Å². The fraction of sp³-hybridized carbons (Fsp3) is 0.667. The van der Waals surface area contributed by atoms with Crippen molar-refractivity contribution in [3.8, 4) is 0 Å². The predicted octanol–water partition coefficient (Wildman–Crippen LogP) is 0.0933. The molecule has 21 heavy (non-hydrogen) atoms. The molecule has 114 valence electrons. The number of nitrogens with zero attached hydrogens (tertiary/aromatic N) is 3. The Morgan fingerprint density at radius 3 is 2.52 bits per heavy atom. The van der Waals surface area contributed by atoms with E-state index >= 15 is 0 Å². The molecule has 1 N–H and O–H groups in total. The van der Waals surface area contributed by atoms with E-state index in [4.69, 9.17) is 0 Å². The molecule has 0 aliphatic carbocycles. The van der Waals surface area contributed by atoms with Crippen LogP contribution in [-0.4, -0.2) is 58.9 Å². The van der Waals surface area contributed by atoms with Crippen molar-refractivity contribution in [3.63, 3.8) is 0 Å². The van der Waals surface area contributed by atoms with E-state index in [1.165, 1.54) is 0 Å². The molecular weight excluding hydrogens is 268 g/mol. The Morgan fingerprint density at radius 1 is 1.29 bits per heavy atom. The van der Waals surface area contributed by atoms with Gasteiger partial charge >= 0.3 is 5.69 Å². The highest BCUT2D eigenvalue weighted by molar-refractivity contribution is 5.77. The molecule has 3 heterocycles. The van der Waals surface area contributed by atoms with Crippen LogP contribution in [0.4, 0.5) is 0 Å². The molecule has 0 radical (unpaired) electrons. The third-order valence-corrected chi connectivity index (χ3v) is 4.66. The van der Waals surface area contributed by atoms with Crippen LogP contribution in [0, 0.1) is 19.3 Å². The molecular formula is C15H22N4O2. The number of rotatable bonds is 3. The van der Waals surface area contributed by atoms with Gasteiger partial charge in [-0.3, -0.25) is 4.79 Å². The minimum absolute atomic E-state index is 0.208. The van der Waals surface area contributed by atoms with Gasteiger partial charge in [0.1, 0.15) is 0 Å². The molecule has 0 saturated carbocycles. The van der Waals surface area contributed by atoms with Gasteiger partial charge < -0.3 is 14.8 Å². The van der Waals surface area contributed by atoms with E-state index < -0.39 is 0 Å². The van der Waals surface area contributed by atoms with Gasteiger partial charge in [0.15, 0.2) is 0 Å². The minimum Gasteiger partial charge on any atom is -0.341 e. The number of H-pyrrole nitrogens is 1. The molecule has 0 bridgehead atoms. The van der Waals surface area contributed by atoms with Crippen molar-refractivity contribution < 1.29 is 4.79 Å². The smallest absolute Gasteiger partial charge is 0.341 e. The Bertz CT molecular complexity index is 597. The lowest BCUT2D eigenvalue weighted by molar-refractivity contribution is -0.156. The van der Waals surface area contributed by atoms with Crippen LogP contribution in [0.1, 0.15) is 23.4 Å². The standard InChI is InChI=1S/C15H22N4O2/c1-10-12(11(2)17-14(21)16-10)4-5-13(20)19-8-15(9-19)6-18(3)7-15/h4-9H2,1-3H3,(H,16,17,21). The number of amides is 1. The van der Waals surface area contributed by atoms with E-state index in [1.807, 2.05) is 18.7 Å². The van der Waals surface area contributed by atoms with Crippen molar-refractivity contribution >= 4 is 5.91 Å². The fourth-order valence-corrected chi connectivity index (χ4v) is 3.75. The first-order chi connectivity index (χ1) is 9.88. The maximum Gasteiger partial charge on any atom is 0.345 e. The SMILES string of the molecule is Cc1nc(=O)[nH]c(C)c1CCC(=O)N1CC2(CN(C)C2)C1. The monoisotopic (exact) mass is 290 g/mol. The number of nitrogens with one attached hydrogen (secondary N) is 1. The summed E-state index contributed by atoms with van der Waals surface area (Å²) in [6.45, 7) is 7.71. The van der Waals surface area contributed by atoms with Crippen LogP contribution in [0.25, 0.3) is 0 Å². The number of aryl methyl sites for hydroxylation is 2. The number of hydrogen-bond acceptors (Lipinski definition) is 4. The van der Waals surface area contributed by atoms with Crippen molar-refractivity contribution in [3.05, 3.63) is 27.4 Å². The maximum absolute atomic E-state index is 12.2. The predicted molar refractivity (Wildman–Crippen MR) is 79.2 cm³/mol. The molecule has 3 rings (SSSR count). The topological polar surface area (TPSA) is 69.3 Å². The zero-order chi connectivity index (χ0) is 15.2. The summed E-state index contributed by atoms with van der Waals surface area (Å²) in [5.74, 6) is 0.208. The van der Waals surface area contributed by atoms with Gasteiger partial charge in [-0.2, -0.15) is 4.98 Å². The lowest BCUT2D eigenvalue weighted by atomic mass is 9.73. The van der Waals surface area contributed by atoms with Crippen LogP contribution < -0.4 is 5.69 Å². The molecule has 2 saturated heterocycles. The van der Waals surface area contributed by atoms with Crippen LogP contribution in [0.5, 0.6) is 0 Å². The van der Waals surface area contributed by atoms with Crippen LogP contribution >= 0.6 is 0 Å². The lowest BCUT2D eigenvalue weighted by Gasteiger charge is -2.59. The van der Waals surface area contributed by atoms with Crippen LogP contribution in [0.2, 0.25) is 0 Å². The Hall–Kier alpha value is -1.69. The Kier molecular flexibility index (Phi) is 3.36.